The van der Waals surface area contributed by atoms with Gasteiger partial charge in [0, 0.05) is 23.6 Å². The van der Waals surface area contributed by atoms with Crippen LogP contribution in [0.25, 0.3) is 0 Å². The van der Waals surface area contributed by atoms with Crippen molar-refractivity contribution in [2.24, 2.45) is 5.73 Å². The molecule has 0 aromatic carbocycles. The summed E-state index contributed by atoms with van der Waals surface area (Å²) in [7, 11) is 1.32. The number of sulfone groups is 1. The van der Waals surface area contributed by atoms with Crippen molar-refractivity contribution in [3.05, 3.63) is 0 Å². The van der Waals surface area contributed by atoms with Crippen molar-refractivity contribution < 1.29 is 8.42 Å². The van der Waals surface area contributed by atoms with Crippen molar-refractivity contribution in [3.63, 3.8) is 0 Å². The van der Waals surface area contributed by atoms with E-state index in [1.54, 1.807) is 0 Å². The molecule has 0 amide bonds. The fourth-order valence-corrected chi connectivity index (χ4v) is 3.66. The Hall–Kier alpha value is -0.130. The molecule has 4 nitrogen and oxygen atoms in total. The third kappa shape index (κ3) is 3.93. The van der Waals surface area contributed by atoms with Crippen molar-refractivity contribution in [1.29, 1.82) is 0 Å². The van der Waals surface area contributed by atoms with E-state index in [0.717, 1.165) is 19.3 Å². The molecule has 1 unspecified atom stereocenters. The lowest BCUT2D eigenvalue weighted by atomic mass is 9.85. The third-order valence-corrected chi connectivity index (χ3v) is 5.11. The van der Waals surface area contributed by atoms with Crippen molar-refractivity contribution in [1.82, 2.24) is 4.90 Å². The fraction of sp³-hybridized carbons (Fsp3) is 1.00. The Balaban J connectivity index is 2.52. The second-order valence-corrected chi connectivity index (χ2v) is 7.84. The highest BCUT2D eigenvalue weighted by Gasteiger charge is 2.40. The minimum atomic E-state index is -2.85. The average Bonchev–Trinajstić information content (AvgIpc) is 2.64. The SMILES string of the molecule is CN(C)C1(C(N)CCCS(C)(=O)=O)CCCC1. The van der Waals surface area contributed by atoms with Gasteiger partial charge >= 0.3 is 0 Å². The van der Waals surface area contributed by atoms with E-state index in [9.17, 15) is 8.42 Å². The summed E-state index contributed by atoms with van der Waals surface area (Å²) in [4.78, 5) is 2.24. The molecule has 0 saturated heterocycles. The molecule has 1 aliphatic carbocycles. The van der Waals surface area contributed by atoms with Crippen LogP contribution < -0.4 is 5.73 Å². The summed E-state index contributed by atoms with van der Waals surface area (Å²) in [5.41, 5.74) is 6.40. The quantitative estimate of drug-likeness (QED) is 0.776. The number of likely N-dealkylation sites (N-methyl/N-ethyl adjacent to an activating group) is 1. The smallest absolute Gasteiger partial charge is 0.147 e. The molecular weight excluding hydrogens is 236 g/mol. The van der Waals surface area contributed by atoms with Gasteiger partial charge in [-0.3, -0.25) is 0 Å². The molecule has 0 aliphatic heterocycles. The van der Waals surface area contributed by atoms with Crippen LogP contribution in [0.3, 0.4) is 0 Å². The summed E-state index contributed by atoms with van der Waals surface area (Å²) >= 11 is 0. The van der Waals surface area contributed by atoms with Crippen molar-refractivity contribution >= 4 is 9.84 Å². The van der Waals surface area contributed by atoms with E-state index < -0.39 is 9.84 Å². The summed E-state index contributed by atoms with van der Waals surface area (Å²) in [6.45, 7) is 0. The van der Waals surface area contributed by atoms with Gasteiger partial charge in [-0.25, -0.2) is 8.42 Å². The Kier molecular flexibility index (Phi) is 4.98. The van der Waals surface area contributed by atoms with Crippen LogP contribution in [-0.2, 0) is 9.84 Å². The van der Waals surface area contributed by atoms with Crippen molar-refractivity contribution in [2.45, 2.75) is 50.1 Å². The third-order valence-electron chi connectivity index (χ3n) is 4.08. The summed E-state index contributed by atoms with van der Waals surface area (Å²) in [6, 6.07) is 0.0850. The van der Waals surface area contributed by atoms with Crippen LogP contribution in [0.15, 0.2) is 0 Å². The summed E-state index contributed by atoms with van der Waals surface area (Å²) in [5, 5.41) is 0. The van der Waals surface area contributed by atoms with Gasteiger partial charge in [-0.1, -0.05) is 12.8 Å². The molecule has 0 aromatic rings. The second kappa shape index (κ2) is 5.67. The average molecular weight is 262 g/mol. The predicted molar refractivity (Wildman–Crippen MR) is 71.8 cm³/mol. The van der Waals surface area contributed by atoms with Gasteiger partial charge in [0.05, 0.1) is 0 Å². The molecule has 17 heavy (non-hydrogen) atoms. The van der Waals surface area contributed by atoms with E-state index >= 15 is 0 Å². The first-order valence-corrected chi connectivity index (χ1v) is 8.45. The number of rotatable bonds is 6. The number of hydrogen-bond donors (Lipinski definition) is 1. The first-order valence-electron chi connectivity index (χ1n) is 6.39. The molecule has 5 heteroatoms. The monoisotopic (exact) mass is 262 g/mol. The van der Waals surface area contributed by atoms with E-state index in [1.807, 2.05) is 0 Å². The maximum atomic E-state index is 11.1. The Bertz CT molecular complexity index is 332. The van der Waals surface area contributed by atoms with Crippen LogP contribution in [0.4, 0.5) is 0 Å². The molecule has 1 atom stereocenters. The van der Waals surface area contributed by atoms with Gasteiger partial charge in [0.2, 0.25) is 0 Å². The molecular formula is C12H26N2O2S. The molecule has 2 N–H and O–H groups in total. The highest BCUT2D eigenvalue weighted by molar-refractivity contribution is 7.90. The maximum absolute atomic E-state index is 11.1. The molecule has 0 aromatic heterocycles. The van der Waals surface area contributed by atoms with Gasteiger partial charge in [-0.05, 0) is 39.8 Å². The summed E-state index contributed by atoms with van der Waals surface area (Å²) in [6.07, 6.45) is 7.51. The van der Waals surface area contributed by atoms with E-state index in [2.05, 4.69) is 19.0 Å². The minimum absolute atomic E-state index is 0.0850. The minimum Gasteiger partial charge on any atom is -0.326 e. The first kappa shape index (κ1) is 14.9. The van der Waals surface area contributed by atoms with Crippen LogP contribution in [0.5, 0.6) is 0 Å². The van der Waals surface area contributed by atoms with Crippen LogP contribution >= 0.6 is 0 Å². The van der Waals surface area contributed by atoms with E-state index in [4.69, 9.17) is 5.73 Å². The maximum Gasteiger partial charge on any atom is 0.147 e. The molecule has 0 heterocycles. The van der Waals surface area contributed by atoms with Crippen molar-refractivity contribution in [3.8, 4) is 0 Å². The predicted octanol–water partition coefficient (Wildman–Crippen LogP) is 1.01. The highest BCUT2D eigenvalue weighted by Crippen LogP contribution is 2.37. The standard InChI is InChI=1S/C12H26N2O2S/c1-14(2)12(8-4-5-9-12)11(13)7-6-10-17(3,15)16/h11H,4-10,13H2,1-3H3. The molecule has 0 radical (unpaired) electrons. The van der Waals surface area contributed by atoms with Crippen LogP contribution in [0.2, 0.25) is 0 Å². The normalized spacial score (nSPS) is 21.9. The number of nitrogens with zero attached hydrogens (tertiary/aromatic N) is 1. The van der Waals surface area contributed by atoms with Gasteiger partial charge in [0.1, 0.15) is 9.84 Å². The Morgan fingerprint density at radius 3 is 2.24 bits per heavy atom. The first-order chi connectivity index (χ1) is 7.78. The molecule has 1 fully saturated rings. The lowest BCUT2D eigenvalue weighted by Crippen LogP contribution is -2.55. The molecule has 1 aliphatic rings. The van der Waals surface area contributed by atoms with E-state index in [0.29, 0.717) is 6.42 Å². The molecule has 1 rings (SSSR count). The zero-order chi connectivity index (χ0) is 13.1. The molecule has 0 spiro atoms. The van der Waals surface area contributed by atoms with Gasteiger partial charge in [0.25, 0.3) is 0 Å². The van der Waals surface area contributed by atoms with Gasteiger partial charge in [-0.15, -0.1) is 0 Å². The Morgan fingerprint density at radius 1 is 1.29 bits per heavy atom. The molecule has 1 saturated carbocycles. The number of nitrogens with two attached hydrogens (primary N) is 1. The summed E-state index contributed by atoms with van der Waals surface area (Å²) in [5.74, 6) is 0.254. The van der Waals surface area contributed by atoms with Crippen LogP contribution in [-0.4, -0.2) is 51.0 Å². The topological polar surface area (TPSA) is 63.4 Å². The number of hydrogen-bond acceptors (Lipinski definition) is 4. The van der Waals surface area contributed by atoms with Gasteiger partial charge < -0.3 is 10.6 Å². The van der Waals surface area contributed by atoms with E-state index in [1.165, 1.54) is 19.1 Å². The Labute approximate surface area is 105 Å². The molecule has 0 bridgehead atoms. The Morgan fingerprint density at radius 2 is 1.82 bits per heavy atom. The zero-order valence-electron chi connectivity index (χ0n) is 11.3. The van der Waals surface area contributed by atoms with Gasteiger partial charge in [-0.2, -0.15) is 0 Å². The fourth-order valence-electron chi connectivity index (χ4n) is 2.97. The second-order valence-electron chi connectivity index (χ2n) is 5.58. The summed E-state index contributed by atoms with van der Waals surface area (Å²) < 4.78 is 22.2. The van der Waals surface area contributed by atoms with Crippen LogP contribution in [0, 0.1) is 0 Å². The zero-order valence-corrected chi connectivity index (χ0v) is 12.1. The molecule has 102 valence electrons. The largest absolute Gasteiger partial charge is 0.326 e. The van der Waals surface area contributed by atoms with E-state index in [-0.39, 0.29) is 17.3 Å². The highest BCUT2D eigenvalue weighted by atomic mass is 32.2. The van der Waals surface area contributed by atoms with Crippen LogP contribution in [0.1, 0.15) is 38.5 Å². The lowest BCUT2D eigenvalue weighted by Gasteiger charge is -2.41. The van der Waals surface area contributed by atoms with Gasteiger partial charge in [0.15, 0.2) is 0 Å². The lowest BCUT2D eigenvalue weighted by molar-refractivity contribution is 0.118. The van der Waals surface area contributed by atoms with Crippen molar-refractivity contribution in [2.75, 3.05) is 26.1 Å².